The van der Waals surface area contributed by atoms with Gasteiger partial charge in [-0.15, -0.1) is 0 Å². The minimum atomic E-state index is -0.104. The highest BCUT2D eigenvalue weighted by Crippen LogP contribution is 2.24. The first kappa shape index (κ1) is 11.7. The highest BCUT2D eigenvalue weighted by atomic mass is 16.5. The molecule has 0 fully saturated rings. The molecule has 0 saturated heterocycles. The van der Waals surface area contributed by atoms with Gasteiger partial charge in [0.25, 0.3) is 0 Å². The van der Waals surface area contributed by atoms with Crippen molar-refractivity contribution in [2.75, 3.05) is 0 Å². The van der Waals surface area contributed by atoms with Crippen molar-refractivity contribution in [3.63, 3.8) is 0 Å². The Labute approximate surface area is 110 Å². The van der Waals surface area contributed by atoms with E-state index in [1.54, 1.807) is 0 Å². The van der Waals surface area contributed by atoms with Gasteiger partial charge in [0.1, 0.15) is 30.3 Å². The van der Waals surface area contributed by atoms with Gasteiger partial charge in [0.2, 0.25) is 0 Å². The van der Waals surface area contributed by atoms with Gasteiger partial charge in [-0.1, -0.05) is 36.4 Å². The van der Waals surface area contributed by atoms with Crippen LogP contribution in [0.25, 0.3) is 11.0 Å². The molecule has 1 aromatic heterocycles. The maximum atomic E-state index is 9.10. The molecule has 3 rings (SSSR count). The predicted molar refractivity (Wildman–Crippen MR) is 72.8 cm³/mol. The maximum Gasteiger partial charge on any atom is 0.147 e. The Hall–Kier alpha value is -2.33. The SMILES string of the molecule is OCc1nc2c(OCc3ccccc3)cccc2[nH]1. The van der Waals surface area contributed by atoms with E-state index in [-0.39, 0.29) is 6.61 Å². The molecule has 3 aromatic rings. The van der Waals surface area contributed by atoms with E-state index in [0.717, 1.165) is 22.3 Å². The quantitative estimate of drug-likeness (QED) is 0.752. The molecule has 4 nitrogen and oxygen atoms in total. The zero-order valence-electron chi connectivity index (χ0n) is 10.3. The summed E-state index contributed by atoms with van der Waals surface area (Å²) < 4.78 is 5.80. The number of ether oxygens (including phenoxy) is 1. The fraction of sp³-hybridized carbons (Fsp3) is 0.133. The molecule has 2 N–H and O–H groups in total. The molecule has 0 aliphatic rings. The van der Waals surface area contributed by atoms with Gasteiger partial charge < -0.3 is 14.8 Å². The number of hydrogen-bond acceptors (Lipinski definition) is 3. The van der Waals surface area contributed by atoms with Gasteiger partial charge in [0, 0.05) is 0 Å². The number of H-pyrrole nitrogens is 1. The van der Waals surface area contributed by atoms with E-state index in [2.05, 4.69) is 9.97 Å². The van der Waals surface area contributed by atoms with Crippen molar-refractivity contribution in [3.8, 4) is 5.75 Å². The van der Waals surface area contributed by atoms with Crippen LogP contribution in [0.15, 0.2) is 48.5 Å². The monoisotopic (exact) mass is 254 g/mol. The molecule has 2 aromatic carbocycles. The van der Waals surface area contributed by atoms with E-state index in [1.165, 1.54) is 0 Å². The highest BCUT2D eigenvalue weighted by Gasteiger charge is 2.07. The average molecular weight is 254 g/mol. The summed E-state index contributed by atoms with van der Waals surface area (Å²) in [5.41, 5.74) is 2.73. The highest BCUT2D eigenvalue weighted by molar-refractivity contribution is 5.81. The van der Waals surface area contributed by atoms with Crippen LogP contribution in [0.4, 0.5) is 0 Å². The number of nitrogens with zero attached hydrogens (tertiary/aromatic N) is 1. The topological polar surface area (TPSA) is 58.1 Å². The molecule has 0 saturated carbocycles. The van der Waals surface area contributed by atoms with E-state index in [1.807, 2.05) is 48.5 Å². The summed E-state index contributed by atoms with van der Waals surface area (Å²) in [7, 11) is 0. The molecule has 96 valence electrons. The number of aromatic nitrogens is 2. The molecule has 0 spiro atoms. The Kier molecular flexibility index (Phi) is 3.16. The first-order valence-electron chi connectivity index (χ1n) is 6.12. The zero-order chi connectivity index (χ0) is 13.1. The van der Waals surface area contributed by atoms with Crippen LogP contribution in [0.3, 0.4) is 0 Å². The van der Waals surface area contributed by atoms with Crippen LogP contribution in [0.2, 0.25) is 0 Å². The minimum Gasteiger partial charge on any atom is -0.487 e. The average Bonchev–Trinajstić information content (AvgIpc) is 2.90. The van der Waals surface area contributed by atoms with Crippen molar-refractivity contribution in [2.45, 2.75) is 13.2 Å². The summed E-state index contributed by atoms with van der Waals surface area (Å²) in [6.07, 6.45) is 0. The van der Waals surface area contributed by atoms with E-state index >= 15 is 0 Å². The Balaban J connectivity index is 1.86. The summed E-state index contributed by atoms with van der Waals surface area (Å²) in [5.74, 6) is 1.27. The second-order valence-corrected chi connectivity index (χ2v) is 4.27. The number of aromatic amines is 1. The molecule has 0 radical (unpaired) electrons. The van der Waals surface area contributed by atoms with Crippen molar-refractivity contribution in [1.82, 2.24) is 9.97 Å². The van der Waals surface area contributed by atoms with Crippen molar-refractivity contribution in [1.29, 1.82) is 0 Å². The van der Waals surface area contributed by atoms with Crippen LogP contribution in [-0.2, 0) is 13.2 Å². The largest absolute Gasteiger partial charge is 0.487 e. The number of benzene rings is 2. The molecule has 0 aliphatic carbocycles. The minimum absolute atomic E-state index is 0.104. The molecule has 0 bridgehead atoms. The second kappa shape index (κ2) is 5.12. The van der Waals surface area contributed by atoms with Crippen molar-refractivity contribution >= 4 is 11.0 Å². The van der Waals surface area contributed by atoms with E-state index in [4.69, 9.17) is 9.84 Å². The summed E-state index contributed by atoms with van der Waals surface area (Å²) in [6, 6.07) is 15.7. The normalized spacial score (nSPS) is 10.8. The molecule has 1 heterocycles. The van der Waals surface area contributed by atoms with Gasteiger partial charge >= 0.3 is 0 Å². The number of aliphatic hydroxyl groups excluding tert-OH is 1. The van der Waals surface area contributed by atoms with Crippen LogP contribution in [0, 0.1) is 0 Å². The van der Waals surface area contributed by atoms with Gasteiger partial charge in [0.05, 0.1) is 5.52 Å². The third kappa shape index (κ3) is 2.44. The molecular formula is C15H14N2O2. The fourth-order valence-electron chi connectivity index (χ4n) is 1.98. The lowest BCUT2D eigenvalue weighted by Crippen LogP contribution is -1.95. The number of fused-ring (bicyclic) bond motifs is 1. The summed E-state index contributed by atoms with van der Waals surface area (Å²) in [4.78, 5) is 7.36. The Morgan fingerprint density at radius 1 is 1.05 bits per heavy atom. The van der Waals surface area contributed by atoms with Crippen molar-refractivity contribution in [3.05, 3.63) is 59.9 Å². The number of aliphatic hydroxyl groups is 1. The predicted octanol–water partition coefficient (Wildman–Crippen LogP) is 2.63. The van der Waals surface area contributed by atoms with Crippen LogP contribution >= 0.6 is 0 Å². The molecular weight excluding hydrogens is 240 g/mol. The van der Waals surface area contributed by atoms with Gasteiger partial charge in [-0.05, 0) is 17.7 Å². The number of hydrogen-bond donors (Lipinski definition) is 2. The van der Waals surface area contributed by atoms with Crippen molar-refractivity contribution < 1.29 is 9.84 Å². The molecule has 19 heavy (non-hydrogen) atoms. The van der Waals surface area contributed by atoms with Crippen LogP contribution < -0.4 is 4.74 Å². The van der Waals surface area contributed by atoms with Gasteiger partial charge in [-0.25, -0.2) is 4.98 Å². The molecule has 0 unspecified atom stereocenters. The Morgan fingerprint density at radius 2 is 1.89 bits per heavy atom. The number of para-hydroxylation sites is 1. The molecule has 0 amide bonds. The van der Waals surface area contributed by atoms with Crippen LogP contribution in [-0.4, -0.2) is 15.1 Å². The first-order valence-corrected chi connectivity index (χ1v) is 6.12. The molecule has 0 aliphatic heterocycles. The lowest BCUT2D eigenvalue weighted by Gasteiger charge is -2.06. The molecule has 0 atom stereocenters. The Bertz CT molecular complexity index is 677. The zero-order valence-corrected chi connectivity index (χ0v) is 10.3. The first-order chi connectivity index (χ1) is 9.36. The second-order valence-electron chi connectivity index (χ2n) is 4.27. The number of imidazole rings is 1. The van der Waals surface area contributed by atoms with Crippen LogP contribution in [0.5, 0.6) is 5.75 Å². The van der Waals surface area contributed by atoms with Gasteiger partial charge in [-0.3, -0.25) is 0 Å². The molecule has 4 heteroatoms. The summed E-state index contributed by atoms with van der Waals surface area (Å²) in [6.45, 7) is 0.397. The summed E-state index contributed by atoms with van der Waals surface area (Å²) >= 11 is 0. The van der Waals surface area contributed by atoms with Gasteiger partial charge in [-0.2, -0.15) is 0 Å². The van der Waals surface area contributed by atoms with Crippen molar-refractivity contribution in [2.24, 2.45) is 0 Å². The van der Waals surface area contributed by atoms with Crippen LogP contribution in [0.1, 0.15) is 11.4 Å². The Morgan fingerprint density at radius 3 is 2.68 bits per heavy atom. The maximum absolute atomic E-state index is 9.10. The third-order valence-electron chi connectivity index (χ3n) is 2.91. The lowest BCUT2D eigenvalue weighted by molar-refractivity contribution is 0.273. The van der Waals surface area contributed by atoms with Gasteiger partial charge in [0.15, 0.2) is 0 Å². The fourth-order valence-corrected chi connectivity index (χ4v) is 1.98. The lowest BCUT2D eigenvalue weighted by atomic mass is 10.2. The number of rotatable bonds is 4. The van der Waals surface area contributed by atoms with E-state index in [0.29, 0.717) is 12.4 Å². The van der Waals surface area contributed by atoms with E-state index in [9.17, 15) is 0 Å². The smallest absolute Gasteiger partial charge is 0.147 e. The number of nitrogens with one attached hydrogen (secondary N) is 1. The third-order valence-corrected chi connectivity index (χ3v) is 2.91. The van der Waals surface area contributed by atoms with E-state index < -0.39 is 0 Å². The standard InChI is InChI=1S/C15H14N2O2/c18-9-14-16-12-7-4-8-13(15(12)17-14)19-10-11-5-2-1-3-6-11/h1-8,18H,9-10H2,(H,16,17). The summed E-state index contributed by atoms with van der Waals surface area (Å²) in [5, 5.41) is 9.10.